The third-order valence-corrected chi connectivity index (χ3v) is 4.47. The highest BCUT2D eigenvalue weighted by Gasteiger charge is 2.19. The molecule has 5 heteroatoms. The molecule has 2 unspecified atom stereocenters. The van der Waals surface area contributed by atoms with Crippen LogP contribution in [-0.4, -0.2) is 20.3 Å². The van der Waals surface area contributed by atoms with Gasteiger partial charge in [-0.3, -0.25) is 0 Å². The Labute approximate surface area is 162 Å². The molecule has 146 valence electrons. The highest BCUT2D eigenvalue weighted by Crippen LogP contribution is 2.29. The van der Waals surface area contributed by atoms with Gasteiger partial charge in [-0.2, -0.15) is 0 Å². The van der Waals surface area contributed by atoms with Gasteiger partial charge in [0.2, 0.25) is 0 Å². The largest absolute Gasteiger partial charge is 0.497 e. The summed E-state index contributed by atoms with van der Waals surface area (Å²) in [7, 11) is 3.24. The monoisotopic (exact) mass is 370 g/mol. The number of hydrogen-bond acceptors (Lipinski definition) is 3. The van der Waals surface area contributed by atoms with Gasteiger partial charge in [0.1, 0.15) is 11.5 Å². The van der Waals surface area contributed by atoms with E-state index in [1.165, 1.54) is 0 Å². The maximum absolute atomic E-state index is 12.7. The van der Waals surface area contributed by atoms with Gasteiger partial charge >= 0.3 is 6.03 Å². The van der Waals surface area contributed by atoms with Crippen molar-refractivity contribution in [3.8, 4) is 11.5 Å². The van der Waals surface area contributed by atoms with Gasteiger partial charge in [-0.15, -0.1) is 0 Å². The summed E-state index contributed by atoms with van der Waals surface area (Å²) >= 11 is 0. The summed E-state index contributed by atoms with van der Waals surface area (Å²) in [5.74, 6) is 1.90. The molecule has 0 saturated heterocycles. The topological polar surface area (TPSA) is 59.6 Å². The smallest absolute Gasteiger partial charge is 0.315 e. The van der Waals surface area contributed by atoms with Gasteiger partial charge in [0, 0.05) is 5.56 Å². The van der Waals surface area contributed by atoms with Crippen molar-refractivity contribution in [2.75, 3.05) is 14.2 Å². The van der Waals surface area contributed by atoms with Crippen LogP contribution in [0.5, 0.6) is 11.5 Å². The predicted octanol–water partition coefficient (Wildman–Crippen LogP) is 4.85. The van der Waals surface area contributed by atoms with E-state index in [1.54, 1.807) is 14.2 Å². The Morgan fingerprint density at radius 3 is 2.26 bits per heavy atom. The zero-order valence-electron chi connectivity index (χ0n) is 16.8. The summed E-state index contributed by atoms with van der Waals surface area (Å²) in [5, 5.41) is 6.12. The Bertz CT molecular complexity index is 732. The van der Waals surface area contributed by atoms with Crippen molar-refractivity contribution in [2.45, 2.75) is 39.3 Å². The molecule has 0 aliphatic carbocycles. The molecule has 2 N–H and O–H groups in total. The second kappa shape index (κ2) is 9.86. The fourth-order valence-electron chi connectivity index (χ4n) is 3.09. The first-order valence-electron chi connectivity index (χ1n) is 9.28. The lowest BCUT2D eigenvalue weighted by atomic mass is 9.97. The van der Waals surface area contributed by atoms with Crippen molar-refractivity contribution in [1.82, 2.24) is 10.6 Å². The highest BCUT2D eigenvalue weighted by molar-refractivity contribution is 5.75. The quantitative estimate of drug-likeness (QED) is 0.698. The van der Waals surface area contributed by atoms with E-state index in [2.05, 4.69) is 24.5 Å². The number of urea groups is 1. The van der Waals surface area contributed by atoms with E-state index in [1.807, 2.05) is 55.5 Å². The third-order valence-electron chi connectivity index (χ3n) is 4.47. The van der Waals surface area contributed by atoms with Crippen LogP contribution in [0.3, 0.4) is 0 Å². The van der Waals surface area contributed by atoms with E-state index in [-0.39, 0.29) is 18.1 Å². The molecule has 0 aliphatic rings. The minimum atomic E-state index is -0.231. The maximum atomic E-state index is 12.7. The molecule has 0 fully saturated rings. The Balaban J connectivity index is 2.11. The summed E-state index contributed by atoms with van der Waals surface area (Å²) in [6.07, 6.45) is 0.869. The number of ether oxygens (including phenoxy) is 2. The van der Waals surface area contributed by atoms with Crippen LogP contribution in [-0.2, 0) is 0 Å². The Hall–Kier alpha value is -2.69. The van der Waals surface area contributed by atoms with E-state index in [0.29, 0.717) is 11.7 Å². The Kier molecular flexibility index (Phi) is 7.53. The second-order valence-electron chi connectivity index (χ2n) is 7.04. The molecular formula is C22H30N2O3. The number of rotatable bonds is 8. The first-order valence-corrected chi connectivity index (χ1v) is 9.28. The van der Waals surface area contributed by atoms with E-state index in [4.69, 9.17) is 9.47 Å². The van der Waals surface area contributed by atoms with E-state index in [9.17, 15) is 4.79 Å². The van der Waals surface area contributed by atoms with E-state index >= 15 is 0 Å². The lowest BCUT2D eigenvalue weighted by molar-refractivity contribution is 0.232. The van der Waals surface area contributed by atoms with Crippen molar-refractivity contribution in [3.05, 3.63) is 59.7 Å². The SMILES string of the molecule is COc1ccc(OC)c(C(C)NC(=O)NC(CC(C)C)c2ccccc2)c1. The average Bonchev–Trinajstić information content (AvgIpc) is 2.67. The lowest BCUT2D eigenvalue weighted by Gasteiger charge is -2.24. The van der Waals surface area contributed by atoms with Gasteiger partial charge in [-0.25, -0.2) is 4.79 Å². The number of carbonyl (C=O) groups excluding carboxylic acids is 1. The molecule has 0 spiro atoms. The van der Waals surface area contributed by atoms with Gasteiger partial charge in [-0.05, 0) is 43.0 Å². The molecule has 0 aromatic heterocycles. The van der Waals surface area contributed by atoms with Crippen molar-refractivity contribution in [2.24, 2.45) is 5.92 Å². The lowest BCUT2D eigenvalue weighted by Crippen LogP contribution is -2.39. The molecule has 0 aliphatic heterocycles. The summed E-state index contributed by atoms with van der Waals surface area (Å²) in [4.78, 5) is 12.7. The molecule has 2 aromatic rings. The average molecular weight is 370 g/mol. The Morgan fingerprint density at radius 1 is 0.963 bits per heavy atom. The van der Waals surface area contributed by atoms with E-state index < -0.39 is 0 Å². The number of hydrogen-bond donors (Lipinski definition) is 2. The molecule has 2 atom stereocenters. The molecule has 0 saturated carbocycles. The van der Waals surface area contributed by atoms with Gasteiger partial charge < -0.3 is 20.1 Å². The highest BCUT2D eigenvalue weighted by atomic mass is 16.5. The normalized spacial score (nSPS) is 13.0. The number of methoxy groups -OCH3 is 2. The van der Waals surface area contributed by atoms with Gasteiger partial charge in [0.25, 0.3) is 0 Å². The van der Waals surface area contributed by atoms with E-state index in [0.717, 1.165) is 23.3 Å². The predicted molar refractivity (Wildman–Crippen MR) is 108 cm³/mol. The van der Waals surface area contributed by atoms with Crippen LogP contribution < -0.4 is 20.1 Å². The van der Waals surface area contributed by atoms with Crippen molar-refractivity contribution < 1.29 is 14.3 Å². The van der Waals surface area contributed by atoms with Crippen LogP contribution in [0.25, 0.3) is 0 Å². The van der Waals surface area contributed by atoms with Gasteiger partial charge in [0.15, 0.2) is 0 Å². The molecule has 5 nitrogen and oxygen atoms in total. The number of amides is 2. The molecule has 0 heterocycles. The fourth-order valence-corrected chi connectivity index (χ4v) is 3.09. The van der Waals surface area contributed by atoms with Crippen molar-refractivity contribution in [3.63, 3.8) is 0 Å². The summed E-state index contributed by atoms with van der Waals surface area (Å²) in [6, 6.07) is 15.1. The number of benzene rings is 2. The van der Waals surface area contributed by atoms with Crippen LogP contribution in [0, 0.1) is 5.92 Å². The fraction of sp³-hybridized carbons (Fsp3) is 0.409. The molecule has 27 heavy (non-hydrogen) atoms. The number of nitrogens with one attached hydrogen (secondary N) is 2. The molecule has 0 radical (unpaired) electrons. The zero-order valence-corrected chi connectivity index (χ0v) is 16.8. The van der Waals surface area contributed by atoms with Crippen LogP contribution in [0.15, 0.2) is 48.5 Å². The van der Waals surface area contributed by atoms with Crippen molar-refractivity contribution >= 4 is 6.03 Å². The molecular weight excluding hydrogens is 340 g/mol. The van der Waals surface area contributed by atoms with Crippen LogP contribution in [0.2, 0.25) is 0 Å². The number of carbonyl (C=O) groups is 1. The minimum absolute atomic E-state index is 0.0365. The summed E-state index contributed by atoms with van der Waals surface area (Å²) in [6.45, 7) is 6.23. The maximum Gasteiger partial charge on any atom is 0.315 e. The van der Waals surface area contributed by atoms with Crippen molar-refractivity contribution in [1.29, 1.82) is 0 Å². The third kappa shape index (κ3) is 5.91. The summed E-state index contributed by atoms with van der Waals surface area (Å²) in [5.41, 5.74) is 1.97. The van der Waals surface area contributed by atoms with Crippen LogP contribution >= 0.6 is 0 Å². The van der Waals surface area contributed by atoms with Gasteiger partial charge in [0.05, 0.1) is 26.3 Å². The Morgan fingerprint density at radius 2 is 1.67 bits per heavy atom. The standard InChI is InChI=1S/C22H30N2O3/c1-15(2)13-20(17-9-7-6-8-10-17)24-22(25)23-16(3)19-14-18(26-4)11-12-21(19)27-5/h6-12,14-16,20H,13H2,1-5H3,(H2,23,24,25). The molecule has 0 bridgehead atoms. The molecule has 2 rings (SSSR count). The minimum Gasteiger partial charge on any atom is -0.497 e. The van der Waals surface area contributed by atoms with Gasteiger partial charge in [-0.1, -0.05) is 44.2 Å². The van der Waals surface area contributed by atoms with Crippen LogP contribution in [0.1, 0.15) is 50.4 Å². The first kappa shape index (κ1) is 20.6. The zero-order chi connectivity index (χ0) is 19.8. The van der Waals surface area contributed by atoms with Crippen LogP contribution in [0.4, 0.5) is 4.79 Å². The summed E-state index contributed by atoms with van der Waals surface area (Å²) < 4.78 is 10.7. The molecule has 2 amide bonds. The second-order valence-corrected chi connectivity index (χ2v) is 7.04. The first-order chi connectivity index (χ1) is 12.9. The molecule has 2 aromatic carbocycles.